The molecular formula is C23H26N6O. The third-order valence-corrected chi connectivity index (χ3v) is 6.12. The van der Waals surface area contributed by atoms with Gasteiger partial charge in [0.05, 0.1) is 29.1 Å². The predicted molar refractivity (Wildman–Crippen MR) is 115 cm³/mol. The van der Waals surface area contributed by atoms with Crippen LogP contribution in [0.4, 0.5) is 0 Å². The average Bonchev–Trinajstić information content (AvgIpc) is 3.28. The maximum atomic E-state index is 5.66. The van der Waals surface area contributed by atoms with Gasteiger partial charge in [-0.05, 0) is 44.2 Å². The third-order valence-electron chi connectivity index (χ3n) is 6.12. The van der Waals surface area contributed by atoms with Crippen LogP contribution in [0.1, 0.15) is 36.0 Å². The lowest BCUT2D eigenvalue weighted by atomic mass is 9.86. The van der Waals surface area contributed by atoms with E-state index in [2.05, 4.69) is 63.2 Å². The summed E-state index contributed by atoms with van der Waals surface area (Å²) in [6.07, 6.45) is 3.95. The molecule has 0 N–H and O–H groups in total. The molecule has 1 unspecified atom stereocenters. The fourth-order valence-corrected chi connectivity index (χ4v) is 4.73. The molecule has 1 fully saturated rings. The summed E-state index contributed by atoms with van der Waals surface area (Å²) < 4.78 is 9.84. The number of rotatable bonds is 4. The largest absolute Gasteiger partial charge is 0.381 e. The van der Waals surface area contributed by atoms with Crippen LogP contribution in [0.25, 0.3) is 22.4 Å². The molecule has 1 aliphatic heterocycles. The fourth-order valence-electron chi connectivity index (χ4n) is 4.73. The van der Waals surface area contributed by atoms with E-state index in [1.165, 1.54) is 5.56 Å². The molecule has 1 aromatic carbocycles. The highest BCUT2D eigenvalue weighted by atomic mass is 16.5. The monoisotopic (exact) mass is 402 g/mol. The number of hydrogen-bond donors (Lipinski definition) is 0. The van der Waals surface area contributed by atoms with Crippen molar-refractivity contribution in [2.45, 2.75) is 32.7 Å². The van der Waals surface area contributed by atoms with E-state index in [-0.39, 0.29) is 6.04 Å². The van der Waals surface area contributed by atoms with Crippen LogP contribution in [0.15, 0.2) is 42.6 Å². The van der Waals surface area contributed by atoms with Crippen LogP contribution in [0.2, 0.25) is 0 Å². The molecule has 0 saturated carbocycles. The Bertz CT molecular complexity index is 1150. The average molecular weight is 403 g/mol. The molecule has 154 valence electrons. The van der Waals surface area contributed by atoms with Crippen LogP contribution in [-0.4, -0.2) is 42.7 Å². The highest BCUT2D eigenvalue weighted by Gasteiger charge is 2.29. The van der Waals surface area contributed by atoms with Crippen molar-refractivity contribution in [3.8, 4) is 11.4 Å². The molecule has 0 aliphatic carbocycles. The van der Waals surface area contributed by atoms with Crippen LogP contribution in [0.5, 0.6) is 0 Å². The van der Waals surface area contributed by atoms with Crippen LogP contribution < -0.4 is 0 Å². The zero-order valence-electron chi connectivity index (χ0n) is 17.6. The lowest BCUT2D eigenvalue weighted by Gasteiger charge is -2.33. The second-order valence-corrected chi connectivity index (χ2v) is 8.04. The van der Waals surface area contributed by atoms with Gasteiger partial charge in [0.2, 0.25) is 0 Å². The van der Waals surface area contributed by atoms with Crippen molar-refractivity contribution in [2.24, 2.45) is 13.0 Å². The molecule has 0 amide bonds. The summed E-state index contributed by atoms with van der Waals surface area (Å²) in [4.78, 5) is 9.53. The lowest BCUT2D eigenvalue weighted by molar-refractivity contribution is 0.0545. The van der Waals surface area contributed by atoms with Gasteiger partial charge in [-0.25, -0.2) is 9.67 Å². The summed E-state index contributed by atoms with van der Waals surface area (Å²) in [6.45, 7) is 5.68. The first-order valence-corrected chi connectivity index (χ1v) is 10.5. The maximum Gasteiger partial charge on any atom is 0.110 e. The normalized spacial score (nSPS) is 16.2. The van der Waals surface area contributed by atoms with Crippen molar-refractivity contribution in [3.05, 3.63) is 59.7 Å². The summed E-state index contributed by atoms with van der Waals surface area (Å²) in [5.41, 5.74) is 5.99. The van der Waals surface area contributed by atoms with E-state index < -0.39 is 0 Å². The van der Waals surface area contributed by atoms with E-state index in [9.17, 15) is 0 Å². The summed E-state index contributed by atoms with van der Waals surface area (Å²) in [5, 5.41) is 8.34. The van der Waals surface area contributed by atoms with Crippen molar-refractivity contribution >= 4 is 11.0 Å². The molecule has 0 spiro atoms. The molecule has 3 aromatic heterocycles. The van der Waals surface area contributed by atoms with Crippen LogP contribution in [-0.2, 0) is 11.8 Å². The van der Waals surface area contributed by atoms with E-state index in [0.29, 0.717) is 5.92 Å². The molecule has 1 atom stereocenters. The van der Waals surface area contributed by atoms with Crippen molar-refractivity contribution in [1.29, 1.82) is 0 Å². The summed E-state index contributed by atoms with van der Waals surface area (Å²) in [5.74, 6) is 1.50. The van der Waals surface area contributed by atoms with Gasteiger partial charge in [-0.3, -0.25) is 4.98 Å². The smallest absolute Gasteiger partial charge is 0.110 e. The summed E-state index contributed by atoms with van der Waals surface area (Å²) in [6, 6.07) is 13.1. The van der Waals surface area contributed by atoms with E-state index in [1.54, 1.807) is 4.68 Å². The minimum absolute atomic E-state index is 0.209. The first-order chi connectivity index (χ1) is 14.6. The van der Waals surface area contributed by atoms with E-state index in [4.69, 9.17) is 9.72 Å². The Hall–Kier alpha value is -3.06. The van der Waals surface area contributed by atoms with Gasteiger partial charge in [0.25, 0.3) is 0 Å². The molecule has 7 nitrogen and oxygen atoms in total. The predicted octanol–water partition coefficient (Wildman–Crippen LogP) is 3.86. The quantitative estimate of drug-likeness (QED) is 0.518. The van der Waals surface area contributed by atoms with E-state index in [0.717, 1.165) is 60.0 Å². The third kappa shape index (κ3) is 3.19. The number of nitrogens with zero attached hydrogens (tertiary/aromatic N) is 6. The lowest BCUT2D eigenvalue weighted by Crippen LogP contribution is -2.27. The van der Waals surface area contributed by atoms with Gasteiger partial charge >= 0.3 is 0 Å². The fraction of sp³-hybridized carbons (Fsp3) is 0.391. The molecule has 0 bridgehead atoms. The number of pyridine rings is 1. The Morgan fingerprint density at radius 3 is 2.57 bits per heavy atom. The van der Waals surface area contributed by atoms with Gasteiger partial charge in [0, 0.05) is 20.3 Å². The maximum absolute atomic E-state index is 5.66. The highest BCUT2D eigenvalue weighted by Crippen LogP contribution is 2.37. The zero-order chi connectivity index (χ0) is 20.7. The molecular weight excluding hydrogens is 376 g/mol. The van der Waals surface area contributed by atoms with Crippen molar-refractivity contribution in [2.75, 3.05) is 13.2 Å². The van der Waals surface area contributed by atoms with Gasteiger partial charge in [-0.1, -0.05) is 35.5 Å². The van der Waals surface area contributed by atoms with Gasteiger partial charge in [0.1, 0.15) is 17.0 Å². The van der Waals surface area contributed by atoms with Crippen molar-refractivity contribution in [3.63, 3.8) is 0 Å². The number of aromatic nitrogens is 6. The second kappa shape index (κ2) is 7.65. The zero-order valence-corrected chi connectivity index (χ0v) is 17.6. The molecule has 0 radical (unpaired) electrons. The Morgan fingerprint density at radius 2 is 1.87 bits per heavy atom. The van der Waals surface area contributed by atoms with E-state index in [1.807, 2.05) is 20.2 Å². The number of ether oxygens (including phenoxy) is 1. The molecule has 1 aliphatic rings. The van der Waals surface area contributed by atoms with Crippen LogP contribution >= 0.6 is 0 Å². The molecule has 4 aromatic rings. The number of hydrogen-bond acceptors (Lipinski definition) is 5. The van der Waals surface area contributed by atoms with Gasteiger partial charge in [0.15, 0.2) is 0 Å². The molecule has 4 heterocycles. The molecule has 5 rings (SSSR count). The SMILES string of the molecule is Cc1nnn(C)c1-c1cc2c(cn1)nc(C)n2C(c1ccccc1)C1CCOCC1. The molecule has 30 heavy (non-hydrogen) atoms. The molecule has 7 heteroatoms. The Kier molecular flexibility index (Phi) is 4.83. The minimum atomic E-state index is 0.209. The van der Waals surface area contributed by atoms with E-state index >= 15 is 0 Å². The number of aryl methyl sites for hydroxylation is 3. The minimum Gasteiger partial charge on any atom is -0.381 e. The van der Waals surface area contributed by atoms with Crippen LogP contribution in [0, 0.1) is 19.8 Å². The Balaban J connectivity index is 1.70. The summed E-state index contributed by atoms with van der Waals surface area (Å²) in [7, 11) is 1.90. The first kappa shape index (κ1) is 18.9. The Labute approximate surface area is 175 Å². The van der Waals surface area contributed by atoms with Gasteiger partial charge in [-0.2, -0.15) is 0 Å². The first-order valence-electron chi connectivity index (χ1n) is 10.5. The number of benzene rings is 1. The standard InChI is InChI=1S/C23H26N6O/c1-15-22(28(3)27-26-15)19-13-21-20(14-24-19)25-16(2)29(21)23(17-7-5-4-6-8-17)18-9-11-30-12-10-18/h4-8,13-14,18,23H,9-12H2,1-3H3. The second-order valence-electron chi connectivity index (χ2n) is 8.04. The van der Waals surface area contributed by atoms with Crippen LogP contribution in [0.3, 0.4) is 0 Å². The topological polar surface area (TPSA) is 70.7 Å². The highest BCUT2D eigenvalue weighted by molar-refractivity contribution is 5.80. The number of fused-ring (bicyclic) bond motifs is 1. The van der Waals surface area contributed by atoms with Crippen molar-refractivity contribution in [1.82, 2.24) is 29.5 Å². The molecule has 1 saturated heterocycles. The van der Waals surface area contributed by atoms with Gasteiger partial charge in [-0.15, -0.1) is 5.10 Å². The van der Waals surface area contributed by atoms with Gasteiger partial charge < -0.3 is 9.30 Å². The Morgan fingerprint density at radius 1 is 1.10 bits per heavy atom. The summed E-state index contributed by atoms with van der Waals surface area (Å²) >= 11 is 0. The van der Waals surface area contributed by atoms with Crippen molar-refractivity contribution < 1.29 is 4.74 Å². The number of imidazole rings is 1.